The molecule has 8 rings (SSSR count). The van der Waals surface area contributed by atoms with Crippen molar-refractivity contribution in [3.8, 4) is 17.4 Å². The van der Waals surface area contributed by atoms with E-state index in [2.05, 4.69) is 53.4 Å². The number of methoxy groups -OCH3 is 1. The number of hydrogen-bond acceptors (Lipinski definition) is 7. The van der Waals surface area contributed by atoms with Crippen molar-refractivity contribution in [1.82, 2.24) is 4.98 Å². The highest BCUT2D eigenvalue weighted by Crippen LogP contribution is 2.57. The highest BCUT2D eigenvalue weighted by Gasteiger charge is 2.53. The van der Waals surface area contributed by atoms with Crippen LogP contribution in [0.2, 0.25) is 5.02 Å². The predicted molar refractivity (Wildman–Crippen MR) is 184 cm³/mol. The summed E-state index contributed by atoms with van der Waals surface area (Å²) in [6, 6.07) is 44.3. The summed E-state index contributed by atoms with van der Waals surface area (Å²) in [4.78, 5) is 15.1. The van der Waals surface area contributed by atoms with Crippen LogP contribution in [-0.2, 0) is 10.6 Å². The first kappa shape index (κ1) is 28.5. The number of thioether (sulfide) groups is 1. The van der Waals surface area contributed by atoms with Crippen LogP contribution >= 0.6 is 23.4 Å². The molecule has 2 unspecified atom stereocenters. The van der Waals surface area contributed by atoms with E-state index in [-0.39, 0.29) is 5.25 Å². The fraction of sp³-hybridized carbons (Fsp3) is 0.105. The molecule has 0 N–H and O–H groups in total. The molecule has 0 bridgehead atoms. The van der Waals surface area contributed by atoms with E-state index >= 15 is 0 Å². The molecule has 2 aliphatic heterocycles. The maximum Gasteiger partial charge on any atom is 0.242 e. The summed E-state index contributed by atoms with van der Waals surface area (Å²) in [5, 5.41) is 6.35. The molecule has 0 saturated carbocycles. The van der Waals surface area contributed by atoms with E-state index in [4.69, 9.17) is 36.1 Å². The summed E-state index contributed by atoms with van der Waals surface area (Å²) >= 11 is 8.08. The second kappa shape index (κ2) is 11.7. The monoisotopic (exact) mass is 641 g/mol. The number of oxime groups is 1. The number of pyridine rings is 1. The first-order chi connectivity index (χ1) is 22.6. The Morgan fingerprint density at radius 3 is 2.37 bits per heavy atom. The van der Waals surface area contributed by atoms with Crippen molar-refractivity contribution in [2.24, 2.45) is 5.16 Å². The number of rotatable bonds is 6. The molecule has 46 heavy (non-hydrogen) atoms. The maximum atomic E-state index is 6.70. The van der Waals surface area contributed by atoms with Crippen molar-refractivity contribution < 1.29 is 14.3 Å². The van der Waals surface area contributed by atoms with Crippen LogP contribution in [0.5, 0.6) is 17.4 Å². The number of aromatic nitrogens is 1. The summed E-state index contributed by atoms with van der Waals surface area (Å²) in [7, 11) is 1.67. The molecule has 0 fully saturated rings. The molecule has 226 valence electrons. The van der Waals surface area contributed by atoms with Gasteiger partial charge in [0.25, 0.3) is 0 Å². The van der Waals surface area contributed by atoms with Gasteiger partial charge < -0.3 is 14.3 Å². The Labute approximate surface area is 276 Å². The van der Waals surface area contributed by atoms with Gasteiger partial charge >= 0.3 is 0 Å². The molecule has 2 aliphatic rings. The summed E-state index contributed by atoms with van der Waals surface area (Å²) in [6.45, 7) is 0. The summed E-state index contributed by atoms with van der Waals surface area (Å²) < 4.78 is 12.1. The Morgan fingerprint density at radius 2 is 1.57 bits per heavy atom. The predicted octanol–water partition coefficient (Wildman–Crippen LogP) is 9.98. The highest BCUT2D eigenvalue weighted by molar-refractivity contribution is 7.99. The molecule has 2 atom stereocenters. The number of halogens is 1. The van der Waals surface area contributed by atoms with Crippen molar-refractivity contribution in [3.63, 3.8) is 0 Å². The molecular weight excluding hydrogens is 614 g/mol. The summed E-state index contributed by atoms with van der Waals surface area (Å²) in [5.74, 6) is 2.76. The topological polar surface area (TPSA) is 56.2 Å². The molecule has 0 spiro atoms. The molecule has 8 heteroatoms. The first-order valence-corrected chi connectivity index (χ1v) is 16.2. The lowest BCUT2D eigenvalue weighted by Gasteiger charge is -2.38. The van der Waals surface area contributed by atoms with Crippen molar-refractivity contribution in [2.45, 2.75) is 22.3 Å². The van der Waals surface area contributed by atoms with Gasteiger partial charge in [-0.1, -0.05) is 65.3 Å². The number of hydrogen-bond donors (Lipinski definition) is 0. The Kier molecular flexibility index (Phi) is 7.28. The van der Waals surface area contributed by atoms with Gasteiger partial charge in [0.05, 0.1) is 18.3 Å². The molecule has 0 aliphatic carbocycles. The maximum absolute atomic E-state index is 6.70. The number of fused-ring (bicyclic) bond motifs is 4. The van der Waals surface area contributed by atoms with Crippen LogP contribution in [-0.4, -0.2) is 17.9 Å². The average Bonchev–Trinajstić information content (AvgIpc) is 3.41. The van der Waals surface area contributed by atoms with Gasteiger partial charge in [0, 0.05) is 43.7 Å². The summed E-state index contributed by atoms with van der Waals surface area (Å²) in [5.41, 5.74) is 3.69. The Morgan fingerprint density at radius 1 is 0.826 bits per heavy atom. The molecule has 6 nitrogen and oxygen atoms in total. The Bertz CT molecular complexity index is 2070. The third-order valence-corrected chi connectivity index (χ3v) is 9.91. The van der Waals surface area contributed by atoms with Gasteiger partial charge in [0.15, 0.2) is 5.84 Å². The zero-order chi connectivity index (χ0) is 31.1. The standard InChI is InChI=1S/C38H28ClN3O3S/c1-43-29-21-17-27(18-22-29)38-24-35(31-23-26-9-5-6-12-32(26)40-37(31)44-30-10-3-2-4-11-30)46-34-14-8-7-13-33(34)42(38)36(41-45-38)25-15-19-28(39)20-16-25/h2-23,35H,24H2,1H3. The van der Waals surface area contributed by atoms with E-state index in [0.29, 0.717) is 23.2 Å². The van der Waals surface area contributed by atoms with E-state index in [0.717, 1.165) is 49.7 Å². The second-order valence-corrected chi connectivity index (χ2v) is 12.8. The largest absolute Gasteiger partial charge is 0.497 e. The zero-order valence-electron chi connectivity index (χ0n) is 24.8. The van der Waals surface area contributed by atoms with Gasteiger partial charge in [-0.3, -0.25) is 4.90 Å². The van der Waals surface area contributed by atoms with Gasteiger partial charge in [0.2, 0.25) is 11.6 Å². The van der Waals surface area contributed by atoms with Crippen LogP contribution in [0.15, 0.2) is 144 Å². The number of ether oxygens (including phenoxy) is 2. The van der Waals surface area contributed by atoms with Gasteiger partial charge in [-0.15, -0.1) is 11.8 Å². The van der Waals surface area contributed by atoms with E-state index in [1.54, 1.807) is 18.9 Å². The fourth-order valence-electron chi connectivity index (χ4n) is 6.13. The molecule has 1 aromatic heterocycles. The van der Waals surface area contributed by atoms with Gasteiger partial charge in [-0.05, 0) is 84.9 Å². The number of anilines is 1. The smallest absolute Gasteiger partial charge is 0.242 e. The van der Waals surface area contributed by atoms with Crippen LogP contribution in [0.1, 0.15) is 28.4 Å². The zero-order valence-corrected chi connectivity index (χ0v) is 26.4. The van der Waals surface area contributed by atoms with E-state index < -0.39 is 5.72 Å². The number of para-hydroxylation sites is 3. The van der Waals surface area contributed by atoms with E-state index in [9.17, 15) is 0 Å². The first-order valence-electron chi connectivity index (χ1n) is 15.0. The van der Waals surface area contributed by atoms with Gasteiger partial charge in [-0.25, -0.2) is 4.98 Å². The van der Waals surface area contributed by atoms with Crippen molar-refractivity contribution in [2.75, 3.05) is 12.0 Å². The quantitative estimate of drug-likeness (QED) is 0.180. The number of benzene rings is 5. The minimum atomic E-state index is -0.999. The minimum Gasteiger partial charge on any atom is -0.497 e. The second-order valence-electron chi connectivity index (χ2n) is 11.1. The average molecular weight is 642 g/mol. The lowest BCUT2D eigenvalue weighted by Crippen LogP contribution is -2.47. The molecule has 0 saturated heterocycles. The third-order valence-electron chi connectivity index (χ3n) is 8.36. The minimum absolute atomic E-state index is 0.135. The van der Waals surface area contributed by atoms with Crippen molar-refractivity contribution in [3.05, 3.63) is 155 Å². The number of nitrogens with zero attached hydrogens (tertiary/aromatic N) is 3. The summed E-state index contributed by atoms with van der Waals surface area (Å²) in [6.07, 6.45) is 0.532. The van der Waals surface area contributed by atoms with Crippen LogP contribution in [0.25, 0.3) is 10.9 Å². The van der Waals surface area contributed by atoms with Gasteiger partial charge in [0.1, 0.15) is 11.5 Å². The molecule has 0 amide bonds. The van der Waals surface area contributed by atoms with Crippen LogP contribution in [0, 0.1) is 0 Å². The highest BCUT2D eigenvalue weighted by atomic mass is 35.5. The number of amidine groups is 1. The lowest BCUT2D eigenvalue weighted by molar-refractivity contribution is -0.0284. The van der Waals surface area contributed by atoms with E-state index in [1.807, 2.05) is 84.9 Å². The van der Waals surface area contributed by atoms with Crippen LogP contribution in [0.4, 0.5) is 5.69 Å². The Hall–Kier alpha value is -4.98. The fourth-order valence-corrected chi connectivity index (χ4v) is 7.60. The van der Waals surface area contributed by atoms with Crippen molar-refractivity contribution >= 4 is 45.8 Å². The Balaban J connectivity index is 1.33. The van der Waals surface area contributed by atoms with Crippen molar-refractivity contribution in [1.29, 1.82) is 0 Å². The molecule has 3 heterocycles. The molecule has 6 aromatic rings. The lowest BCUT2D eigenvalue weighted by atomic mass is 9.91. The third kappa shape index (κ3) is 5.02. The van der Waals surface area contributed by atoms with Crippen LogP contribution < -0.4 is 14.4 Å². The van der Waals surface area contributed by atoms with E-state index in [1.165, 1.54) is 0 Å². The molecule has 5 aromatic carbocycles. The SMILES string of the molecule is COc1ccc(C23CC(c4cc5ccccc5nc4Oc4ccccc4)Sc4ccccc4N2C(c2ccc(Cl)cc2)=NO3)cc1. The normalized spacial score (nSPS) is 18.6. The molecular formula is C38H28ClN3O3S. The van der Waals surface area contributed by atoms with Gasteiger partial charge in [-0.2, -0.15) is 0 Å². The molecule has 0 radical (unpaired) electrons. The van der Waals surface area contributed by atoms with Crippen LogP contribution in [0.3, 0.4) is 0 Å².